The maximum atomic E-state index is 12.7. The quantitative estimate of drug-likeness (QED) is 0.738. The van der Waals surface area contributed by atoms with Gasteiger partial charge < -0.3 is 4.90 Å². The third-order valence-electron chi connectivity index (χ3n) is 4.25. The first-order valence-corrected chi connectivity index (χ1v) is 10.5. The summed E-state index contributed by atoms with van der Waals surface area (Å²) in [5, 5.41) is 0. The van der Waals surface area contributed by atoms with Crippen LogP contribution in [0.1, 0.15) is 23.2 Å². The van der Waals surface area contributed by atoms with Crippen LogP contribution in [-0.4, -0.2) is 32.3 Å². The molecule has 136 valence electrons. The SMILES string of the molecule is C=C1CCN(C(=O)c2cccc(S(=O)(=O)Nc3ccc(Br)cc3)c2)CC1. The van der Waals surface area contributed by atoms with E-state index in [1.54, 1.807) is 41.3 Å². The molecule has 0 saturated carbocycles. The molecule has 1 N–H and O–H groups in total. The third-order valence-corrected chi connectivity index (χ3v) is 6.15. The fourth-order valence-corrected chi connectivity index (χ4v) is 4.11. The molecule has 0 unspecified atom stereocenters. The van der Waals surface area contributed by atoms with E-state index >= 15 is 0 Å². The summed E-state index contributed by atoms with van der Waals surface area (Å²) in [4.78, 5) is 14.5. The van der Waals surface area contributed by atoms with Gasteiger partial charge in [0.2, 0.25) is 0 Å². The lowest BCUT2D eigenvalue weighted by Crippen LogP contribution is -2.36. The minimum absolute atomic E-state index is 0.0627. The average Bonchev–Trinajstić information content (AvgIpc) is 2.64. The Hall–Kier alpha value is -2.12. The molecule has 1 aliphatic rings. The number of rotatable bonds is 4. The van der Waals surface area contributed by atoms with Crippen molar-refractivity contribution in [1.82, 2.24) is 4.90 Å². The number of likely N-dealkylation sites (tertiary alicyclic amines) is 1. The summed E-state index contributed by atoms with van der Waals surface area (Å²) in [5.74, 6) is -0.154. The Balaban J connectivity index is 1.80. The zero-order valence-corrected chi connectivity index (χ0v) is 16.5. The Morgan fingerprint density at radius 2 is 1.73 bits per heavy atom. The highest BCUT2D eigenvalue weighted by Gasteiger charge is 2.22. The Kier molecular flexibility index (Phi) is 5.48. The lowest BCUT2D eigenvalue weighted by atomic mass is 10.0. The summed E-state index contributed by atoms with van der Waals surface area (Å²) >= 11 is 3.31. The molecule has 0 spiro atoms. The number of halogens is 1. The second-order valence-electron chi connectivity index (χ2n) is 6.18. The molecule has 7 heteroatoms. The monoisotopic (exact) mass is 434 g/mol. The van der Waals surface area contributed by atoms with Crippen molar-refractivity contribution in [3.63, 3.8) is 0 Å². The van der Waals surface area contributed by atoms with Gasteiger partial charge >= 0.3 is 0 Å². The van der Waals surface area contributed by atoms with Crippen molar-refractivity contribution in [3.05, 3.63) is 70.7 Å². The molecule has 1 heterocycles. The summed E-state index contributed by atoms with van der Waals surface area (Å²) in [6, 6.07) is 13.0. The van der Waals surface area contributed by atoms with E-state index in [0.717, 1.165) is 22.9 Å². The van der Waals surface area contributed by atoms with E-state index in [0.29, 0.717) is 24.3 Å². The van der Waals surface area contributed by atoms with Gasteiger partial charge in [0.05, 0.1) is 4.90 Å². The number of amides is 1. The Labute approximate surface area is 161 Å². The molecule has 1 aliphatic heterocycles. The molecule has 26 heavy (non-hydrogen) atoms. The predicted molar refractivity (Wildman–Crippen MR) is 106 cm³/mol. The van der Waals surface area contributed by atoms with E-state index in [9.17, 15) is 13.2 Å². The molecule has 3 rings (SSSR count). The number of sulfonamides is 1. The zero-order valence-electron chi connectivity index (χ0n) is 14.1. The summed E-state index contributed by atoms with van der Waals surface area (Å²) in [5.41, 5.74) is 1.97. The molecule has 2 aromatic carbocycles. The number of anilines is 1. The van der Waals surface area contributed by atoms with Crippen molar-refractivity contribution in [2.24, 2.45) is 0 Å². The molecule has 2 aromatic rings. The van der Waals surface area contributed by atoms with Gasteiger partial charge in [-0.2, -0.15) is 0 Å². The molecule has 0 radical (unpaired) electrons. The first-order chi connectivity index (χ1) is 12.3. The van der Waals surface area contributed by atoms with Crippen LogP contribution in [0.2, 0.25) is 0 Å². The number of nitrogens with one attached hydrogen (secondary N) is 1. The predicted octanol–water partition coefficient (Wildman–Crippen LogP) is 4.04. The van der Waals surface area contributed by atoms with Gasteiger partial charge in [0, 0.05) is 28.8 Å². The summed E-state index contributed by atoms with van der Waals surface area (Å²) in [6.07, 6.45) is 1.57. The van der Waals surface area contributed by atoms with Crippen LogP contribution in [0, 0.1) is 0 Å². The maximum Gasteiger partial charge on any atom is 0.261 e. The molecule has 0 aliphatic carbocycles. The van der Waals surface area contributed by atoms with Crippen molar-refractivity contribution in [2.45, 2.75) is 17.7 Å². The second-order valence-corrected chi connectivity index (χ2v) is 8.78. The number of carbonyl (C=O) groups is 1. The van der Waals surface area contributed by atoms with Crippen molar-refractivity contribution in [3.8, 4) is 0 Å². The normalized spacial score (nSPS) is 15.0. The first-order valence-electron chi connectivity index (χ1n) is 8.19. The van der Waals surface area contributed by atoms with E-state index in [1.807, 2.05) is 0 Å². The van der Waals surface area contributed by atoms with Gasteiger partial charge in [-0.3, -0.25) is 9.52 Å². The van der Waals surface area contributed by atoms with Crippen LogP contribution in [0.4, 0.5) is 5.69 Å². The van der Waals surface area contributed by atoms with Crippen LogP contribution < -0.4 is 4.72 Å². The number of hydrogen-bond donors (Lipinski definition) is 1. The third kappa shape index (κ3) is 4.34. The van der Waals surface area contributed by atoms with Crippen molar-refractivity contribution >= 4 is 37.5 Å². The molecule has 0 atom stereocenters. The van der Waals surface area contributed by atoms with E-state index in [-0.39, 0.29) is 10.8 Å². The standard InChI is InChI=1S/C19H19BrN2O3S/c1-14-9-11-22(12-10-14)19(23)15-3-2-4-18(13-15)26(24,25)21-17-7-5-16(20)6-8-17/h2-8,13,21H,1,9-12H2. The first kappa shape index (κ1) is 18.7. The van der Waals surface area contributed by atoms with E-state index in [2.05, 4.69) is 27.2 Å². The van der Waals surface area contributed by atoms with Gasteiger partial charge in [-0.25, -0.2) is 8.42 Å². The van der Waals surface area contributed by atoms with E-state index in [1.165, 1.54) is 12.1 Å². The minimum atomic E-state index is -3.77. The van der Waals surface area contributed by atoms with Crippen LogP contribution >= 0.6 is 15.9 Å². The molecular weight excluding hydrogens is 416 g/mol. The summed E-state index contributed by atoms with van der Waals surface area (Å²) in [7, 11) is -3.77. The number of carbonyl (C=O) groups excluding carboxylic acids is 1. The van der Waals surface area contributed by atoms with Crippen molar-refractivity contribution < 1.29 is 13.2 Å². The fraction of sp³-hybridized carbons (Fsp3) is 0.211. The van der Waals surface area contributed by atoms with Crippen LogP contribution in [-0.2, 0) is 10.0 Å². The van der Waals surface area contributed by atoms with Crippen molar-refractivity contribution in [1.29, 1.82) is 0 Å². The second kappa shape index (κ2) is 7.63. The van der Waals surface area contributed by atoms with Gasteiger partial charge in [0.1, 0.15) is 0 Å². The number of benzene rings is 2. The molecular formula is C19H19BrN2O3S. The molecule has 0 bridgehead atoms. The molecule has 1 fully saturated rings. The Morgan fingerprint density at radius 1 is 1.08 bits per heavy atom. The smallest absolute Gasteiger partial charge is 0.261 e. The largest absolute Gasteiger partial charge is 0.338 e. The van der Waals surface area contributed by atoms with Crippen LogP contribution in [0.15, 0.2) is 70.1 Å². The van der Waals surface area contributed by atoms with Crippen LogP contribution in [0.5, 0.6) is 0 Å². The zero-order chi connectivity index (χ0) is 18.7. The van der Waals surface area contributed by atoms with Gasteiger partial charge in [0.25, 0.3) is 15.9 Å². The topological polar surface area (TPSA) is 66.5 Å². The maximum absolute atomic E-state index is 12.7. The van der Waals surface area contributed by atoms with E-state index in [4.69, 9.17) is 0 Å². The van der Waals surface area contributed by atoms with Gasteiger partial charge in [-0.15, -0.1) is 0 Å². The molecule has 1 amide bonds. The lowest BCUT2D eigenvalue weighted by molar-refractivity contribution is 0.0743. The summed E-state index contributed by atoms with van der Waals surface area (Å²) in [6.45, 7) is 5.18. The van der Waals surface area contributed by atoms with Crippen LogP contribution in [0.25, 0.3) is 0 Å². The number of nitrogens with zero attached hydrogens (tertiary/aromatic N) is 1. The van der Waals surface area contributed by atoms with Gasteiger partial charge in [-0.1, -0.05) is 34.1 Å². The highest BCUT2D eigenvalue weighted by atomic mass is 79.9. The molecule has 5 nitrogen and oxygen atoms in total. The van der Waals surface area contributed by atoms with Crippen molar-refractivity contribution in [2.75, 3.05) is 17.8 Å². The Morgan fingerprint density at radius 3 is 2.38 bits per heavy atom. The van der Waals surface area contributed by atoms with Gasteiger partial charge in [-0.05, 0) is 55.3 Å². The van der Waals surface area contributed by atoms with E-state index < -0.39 is 10.0 Å². The number of piperidine rings is 1. The molecule has 1 saturated heterocycles. The molecule has 0 aromatic heterocycles. The highest BCUT2D eigenvalue weighted by Crippen LogP contribution is 2.21. The minimum Gasteiger partial charge on any atom is -0.338 e. The Bertz CT molecular complexity index is 930. The lowest BCUT2D eigenvalue weighted by Gasteiger charge is -2.28. The number of hydrogen-bond acceptors (Lipinski definition) is 3. The highest BCUT2D eigenvalue weighted by molar-refractivity contribution is 9.10. The van der Waals surface area contributed by atoms with Crippen LogP contribution in [0.3, 0.4) is 0 Å². The summed E-state index contributed by atoms with van der Waals surface area (Å²) < 4.78 is 28.6. The fourth-order valence-electron chi connectivity index (χ4n) is 2.74. The van der Waals surface area contributed by atoms with Gasteiger partial charge in [0.15, 0.2) is 0 Å². The average molecular weight is 435 g/mol.